The van der Waals surface area contributed by atoms with E-state index >= 15 is 0 Å². The molecule has 0 aliphatic carbocycles. The summed E-state index contributed by atoms with van der Waals surface area (Å²) in [6.07, 6.45) is 1.77. The second-order valence-electron chi connectivity index (χ2n) is 4.96. The van der Waals surface area contributed by atoms with Gasteiger partial charge in [0.05, 0.1) is 0 Å². The number of benzene rings is 2. The molecule has 0 N–H and O–H groups in total. The van der Waals surface area contributed by atoms with Crippen molar-refractivity contribution >= 4 is 12.6 Å². The van der Waals surface area contributed by atoms with Gasteiger partial charge in [-0.2, -0.15) is 0 Å². The van der Waals surface area contributed by atoms with Crippen molar-refractivity contribution in [3.05, 3.63) is 69.8 Å². The minimum Gasteiger partial charge on any atom is -0.298 e. The van der Waals surface area contributed by atoms with Gasteiger partial charge in [-0.3, -0.25) is 9.59 Å². The summed E-state index contributed by atoms with van der Waals surface area (Å²) in [5.74, 6) is 0. The fraction of sp³-hybridized carbons (Fsp3) is 0.222. The highest BCUT2D eigenvalue weighted by atomic mass is 16.1. The van der Waals surface area contributed by atoms with Crippen LogP contribution in [0.1, 0.15) is 43.0 Å². The van der Waals surface area contributed by atoms with Crippen LogP contribution in [-0.2, 0) is 0 Å². The number of carbonyl (C=O) groups excluding carboxylic acids is 2. The van der Waals surface area contributed by atoms with Crippen molar-refractivity contribution < 1.29 is 9.59 Å². The van der Waals surface area contributed by atoms with E-state index in [1.165, 1.54) is 5.56 Å². The maximum Gasteiger partial charge on any atom is 0.150 e. The molecule has 0 heterocycles. The van der Waals surface area contributed by atoms with Gasteiger partial charge in [-0.1, -0.05) is 41.5 Å². The smallest absolute Gasteiger partial charge is 0.150 e. The summed E-state index contributed by atoms with van der Waals surface area (Å²) in [4.78, 5) is 20.7. The molecule has 104 valence electrons. The maximum absolute atomic E-state index is 10.6. The van der Waals surface area contributed by atoms with Crippen molar-refractivity contribution in [2.24, 2.45) is 0 Å². The Morgan fingerprint density at radius 3 is 1.75 bits per heavy atom. The van der Waals surface area contributed by atoms with Gasteiger partial charge in [-0.15, -0.1) is 0 Å². The topological polar surface area (TPSA) is 34.1 Å². The number of aryl methyl sites for hydroxylation is 4. The van der Waals surface area contributed by atoms with Crippen molar-refractivity contribution in [1.82, 2.24) is 0 Å². The molecule has 0 saturated heterocycles. The summed E-state index contributed by atoms with van der Waals surface area (Å²) >= 11 is 0. The Morgan fingerprint density at radius 2 is 1.35 bits per heavy atom. The predicted molar refractivity (Wildman–Crippen MR) is 82.6 cm³/mol. The van der Waals surface area contributed by atoms with Gasteiger partial charge < -0.3 is 0 Å². The Hall–Kier alpha value is -2.22. The van der Waals surface area contributed by atoms with Gasteiger partial charge in [0.15, 0.2) is 6.29 Å². The molecule has 0 aromatic heterocycles. The Bertz CT molecular complexity index is 590. The van der Waals surface area contributed by atoms with Gasteiger partial charge in [-0.25, -0.2) is 0 Å². The summed E-state index contributed by atoms with van der Waals surface area (Å²) in [5, 5.41) is 0. The average molecular weight is 268 g/mol. The predicted octanol–water partition coefficient (Wildman–Crippen LogP) is 4.23. The number of hydrogen-bond donors (Lipinski definition) is 0. The van der Waals surface area contributed by atoms with Gasteiger partial charge >= 0.3 is 0 Å². The lowest BCUT2D eigenvalue weighted by molar-refractivity contribution is 0.111. The Labute approximate surface area is 120 Å². The second kappa shape index (κ2) is 7.39. The first-order chi connectivity index (χ1) is 9.47. The van der Waals surface area contributed by atoms with Crippen LogP contribution in [0.3, 0.4) is 0 Å². The van der Waals surface area contributed by atoms with E-state index in [0.29, 0.717) is 0 Å². The first kappa shape index (κ1) is 15.8. The third-order valence-corrected chi connectivity index (χ3v) is 3.03. The Morgan fingerprint density at radius 1 is 0.750 bits per heavy atom. The first-order valence-electron chi connectivity index (χ1n) is 6.52. The number of aldehydes is 2. The van der Waals surface area contributed by atoms with Crippen molar-refractivity contribution in [3.8, 4) is 0 Å². The molecule has 2 heteroatoms. The Balaban J connectivity index is 0.000000204. The molecule has 0 bridgehead atoms. The van der Waals surface area contributed by atoms with E-state index in [4.69, 9.17) is 0 Å². The van der Waals surface area contributed by atoms with Crippen molar-refractivity contribution in [1.29, 1.82) is 0 Å². The summed E-state index contributed by atoms with van der Waals surface area (Å²) in [6.45, 7) is 7.93. The van der Waals surface area contributed by atoms with Crippen LogP contribution < -0.4 is 0 Å². The van der Waals surface area contributed by atoms with Crippen molar-refractivity contribution in [3.63, 3.8) is 0 Å². The van der Waals surface area contributed by atoms with Gasteiger partial charge in [-0.05, 0) is 44.9 Å². The zero-order valence-corrected chi connectivity index (χ0v) is 12.4. The summed E-state index contributed by atoms with van der Waals surface area (Å²) in [6, 6.07) is 11.5. The summed E-state index contributed by atoms with van der Waals surface area (Å²) in [7, 11) is 0. The quantitative estimate of drug-likeness (QED) is 0.764. The molecule has 2 aromatic carbocycles. The van der Waals surface area contributed by atoms with E-state index in [1.807, 2.05) is 58.0 Å². The molecule has 0 aliphatic heterocycles. The first-order valence-corrected chi connectivity index (χ1v) is 6.52. The highest BCUT2D eigenvalue weighted by Crippen LogP contribution is 2.13. The molecule has 2 rings (SSSR count). The fourth-order valence-corrected chi connectivity index (χ4v) is 2.12. The average Bonchev–Trinajstić information content (AvgIpc) is 2.39. The molecule has 2 nitrogen and oxygen atoms in total. The minimum absolute atomic E-state index is 0.745. The SMILES string of the molecule is Cc1cc(C)c(C=O)c(C)c1.Cc1cccc(C=O)c1. The molecule has 0 aliphatic rings. The highest BCUT2D eigenvalue weighted by Gasteiger charge is 2.00. The molecule has 20 heavy (non-hydrogen) atoms. The minimum atomic E-state index is 0.745. The maximum atomic E-state index is 10.6. The zero-order chi connectivity index (χ0) is 15.1. The molecule has 0 radical (unpaired) electrons. The largest absolute Gasteiger partial charge is 0.298 e. The molecule has 2 aromatic rings. The van der Waals surface area contributed by atoms with Crippen molar-refractivity contribution in [2.45, 2.75) is 27.7 Å². The van der Waals surface area contributed by atoms with Crippen LogP contribution in [-0.4, -0.2) is 12.6 Å². The van der Waals surface area contributed by atoms with E-state index in [-0.39, 0.29) is 0 Å². The normalized spacial score (nSPS) is 9.40. The van der Waals surface area contributed by atoms with E-state index in [2.05, 4.69) is 0 Å². The fourth-order valence-electron chi connectivity index (χ4n) is 2.12. The third kappa shape index (κ3) is 4.47. The van der Waals surface area contributed by atoms with E-state index in [9.17, 15) is 9.59 Å². The molecular weight excluding hydrogens is 248 g/mol. The lowest BCUT2D eigenvalue weighted by atomic mass is 10.0. The Kier molecular flexibility index (Phi) is 5.85. The van der Waals surface area contributed by atoms with Gasteiger partial charge in [0.2, 0.25) is 0 Å². The van der Waals surface area contributed by atoms with Crippen LogP contribution in [0.25, 0.3) is 0 Å². The third-order valence-electron chi connectivity index (χ3n) is 3.03. The van der Waals surface area contributed by atoms with Crippen LogP contribution >= 0.6 is 0 Å². The standard InChI is InChI=1S/C10H12O.C8H8O/c1-7-4-8(2)10(6-11)9(3)5-7;1-7-3-2-4-8(5-7)6-9/h4-6H,1-3H3;2-6H,1H3. The lowest BCUT2D eigenvalue weighted by Crippen LogP contribution is -1.91. The number of rotatable bonds is 2. The van der Waals surface area contributed by atoms with Crippen LogP contribution in [0.15, 0.2) is 36.4 Å². The summed E-state index contributed by atoms with van der Waals surface area (Å²) in [5.41, 5.74) is 6.05. The van der Waals surface area contributed by atoms with Crippen molar-refractivity contribution in [2.75, 3.05) is 0 Å². The van der Waals surface area contributed by atoms with E-state index < -0.39 is 0 Å². The molecule has 0 unspecified atom stereocenters. The zero-order valence-electron chi connectivity index (χ0n) is 12.4. The van der Waals surface area contributed by atoms with E-state index in [1.54, 1.807) is 6.07 Å². The van der Waals surface area contributed by atoms with Crippen LogP contribution in [0.4, 0.5) is 0 Å². The molecular formula is C18H20O2. The number of hydrogen-bond acceptors (Lipinski definition) is 2. The van der Waals surface area contributed by atoms with Crippen LogP contribution in [0.2, 0.25) is 0 Å². The molecule has 0 spiro atoms. The lowest BCUT2D eigenvalue weighted by Gasteiger charge is -2.03. The molecule has 0 atom stereocenters. The van der Waals surface area contributed by atoms with E-state index in [0.717, 1.165) is 40.4 Å². The van der Waals surface area contributed by atoms with Crippen LogP contribution in [0, 0.1) is 27.7 Å². The summed E-state index contributed by atoms with van der Waals surface area (Å²) < 4.78 is 0. The monoisotopic (exact) mass is 268 g/mol. The molecule has 0 amide bonds. The second-order valence-corrected chi connectivity index (χ2v) is 4.96. The van der Waals surface area contributed by atoms with Gasteiger partial charge in [0.25, 0.3) is 0 Å². The van der Waals surface area contributed by atoms with Gasteiger partial charge in [0.1, 0.15) is 6.29 Å². The number of carbonyl (C=O) groups is 2. The van der Waals surface area contributed by atoms with Crippen LogP contribution in [0.5, 0.6) is 0 Å². The highest BCUT2D eigenvalue weighted by molar-refractivity contribution is 5.79. The molecule has 0 fully saturated rings. The van der Waals surface area contributed by atoms with Gasteiger partial charge in [0, 0.05) is 11.1 Å². The molecule has 0 saturated carbocycles.